The molecule has 3 aliphatic rings. The Hall–Kier alpha value is -4.34. The lowest BCUT2D eigenvalue weighted by atomic mass is 9.84. The molecule has 0 saturated carbocycles. The van der Waals surface area contributed by atoms with Crippen molar-refractivity contribution in [2.45, 2.75) is 25.3 Å². The maximum absolute atomic E-state index is 15.1. The molecule has 0 radical (unpaired) electrons. The van der Waals surface area contributed by atoms with Gasteiger partial charge in [0.15, 0.2) is 0 Å². The Kier molecular flexibility index (Phi) is 7.86. The molecule has 2 aliphatic heterocycles. The van der Waals surface area contributed by atoms with Gasteiger partial charge in [0.2, 0.25) is 5.95 Å². The molecule has 8 nitrogen and oxygen atoms in total. The van der Waals surface area contributed by atoms with Crippen LogP contribution >= 0.6 is 11.6 Å². The molecule has 3 aromatic rings. The van der Waals surface area contributed by atoms with Crippen LogP contribution in [0.15, 0.2) is 77.6 Å². The number of ether oxygens (including phenoxy) is 1. The minimum atomic E-state index is -0.424. The van der Waals surface area contributed by atoms with Crippen molar-refractivity contribution in [3.8, 4) is 5.75 Å². The van der Waals surface area contributed by atoms with Gasteiger partial charge in [-0.05, 0) is 79.9 Å². The molecule has 42 heavy (non-hydrogen) atoms. The molecule has 1 aromatic heterocycles. The summed E-state index contributed by atoms with van der Waals surface area (Å²) in [4.78, 5) is 28.6. The van der Waals surface area contributed by atoms with E-state index < -0.39 is 5.82 Å². The third-order valence-corrected chi connectivity index (χ3v) is 8.06. The number of carbonyl (C=O) groups is 1. The molecule has 2 aromatic carbocycles. The Morgan fingerprint density at radius 1 is 1.10 bits per heavy atom. The van der Waals surface area contributed by atoms with Crippen LogP contribution in [0, 0.1) is 5.82 Å². The molecule has 3 heterocycles. The summed E-state index contributed by atoms with van der Waals surface area (Å²) in [6.07, 6.45) is 9.53. The zero-order chi connectivity index (χ0) is 29.2. The number of piperidine rings is 1. The molecule has 1 aliphatic carbocycles. The molecule has 214 valence electrons. The SMILES string of the molecule is CNC1CCN(C(=O)c2ccc(Nc3ncc4c(n3)C3=CN=C(Cl)C=C(c5c(F)cccc5OC)C3=CC4)cc2)CC1. The van der Waals surface area contributed by atoms with Gasteiger partial charge in [0, 0.05) is 53.9 Å². The van der Waals surface area contributed by atoms with E-state index in [9.17, 15) is 4.79 Å². The fraction of sp³-hybridized carbons (Fsp3) is 0.250. The quantitative estimate of drug-likeness (QED) is 0.383. The zero-order valence-electron chi connectivity index (χ0n) is 23.3. The lowest BCUT2D eigenvalue weighted by Gasteiger charge is -2.31. The predicted molar refractivity (Wildman–Crippen MR) is 164 cm³/mol. The van der Waals surface area contributed by atoms with Crippen LogP contribution in [0.2, 0.25) is 0 Å². The monoisotopic (exact) mass is 584 g/mol. The van der Waals surface area contributed by atoms with Crippen molar-refractivity contribution < 1.29 is 13.9 Å². The average molecular weight is 585 g/mol. The van der Waals surface area contributed by atoms with Crippen LogP contribution < -0.4 is 15.4 Å². The Morgan fingerprint density at radius 3 is 2.62 bits per heavy atom. The first-order valence-corrected chi connectivity index (χ1v) is 14.2. The van der Waals surface area contributed by atoms with E-state index in [2.05, 4.69) is 20.6 Å². The van der Waals surface area contributed by atoms with E-state index >= 15 is 4.39 Å². The maximum atomic E-state index is 15.1. The topological polar surface area (TPSA) is 91.7 Å². The summed E-state index contributed by atoms with van der Waals surface area (Å²) in [6.45, 7) is 1.49. The average Bonchev–Trinajstić information content (AvgIpc) is 3.19. The number of likely N-dealkylation sites (tertiary alicyclic amines) is 1. The van der Waals surface area contributed by atoms with Crippen LogP contribution in [-0.4, -0.2) is 59.2 Å². The van der Waals surface area contributed by atoms with E-state index in [-0.39, 0.29) is 11.1 Å². The number of nitrogens with zero attached hydrogens (tertiary/aromatic N) is 4. The van der Waals surface area contributed by atoms with E-state index in [0.29, 0.717) is 52.1 Å². The number of allylic oxidation sites excluding steroid dienone is 5. The first-order chi connectivity index (χ1) is 20.4. The number of nitrogens with one attached hydrogen (secondary N) is 2. The van der Waals surface area contributed by atoms with Crippen molar-refractivity contribution in [1.29, 1.82) is 0 Å². The Balaban J connectivity index is 1.24. The van der Waals surface area contributed by atoms with Gasteiger partial charge >= 0.3 is 0 Å². The highest BCUT2D eigenvalue weighted by atomic mass is 35.5. The number of benzene rings is 2. The summed E-state index contributed by atoms with van der Waals surface area (Å²) in [5, 5.41) is 6.75. The molecule has 0 bridgehead atoms. The summed E-state index contributed by atoms with van der Waals surface area (Å²) >= 11 is 6.41. The summed E-state index contributed by atoms with van der Waals surface area (Å²) in [7, 11) is 3.47. The third-order valence-electron chi connectivity index (χ3n) is 7.85. The predicted octanol–water partition coefficient (Wildman–Crippen LogP) is 5.75. The van der Waals surface area contributed by atoms with Gasteiger partial charge in [0.25, 0.3) is 5.91 Å². The Bertz CT molecular complexity index is 1660. The first-order valence-electron chi connectivity index (χ1n) is 13.8. The third kappa shape index (κ3) is 5.45. The van der Waals surface area contributed by atoms with Crippen LogP contribution in [-0.2, 0) is 6.42 Å². The number of fused-ring (bicyclic) bond motifs is 3. The highest BCUT2D eigenvalue weighted by molar-refractivity contribution is 6.69. The second-order valence-electron chi connectivity index (χ2n) is 10.3. The van der Waals surface area contributed by atoms with E-state index in [1.54, 1.807) is 30.6 Å². The second kappa shape index (κ2) is 11.9. The number of methoxy groups -OCH3 is 1. The number of hydrogen-bond donors (Lipinski definition) is 2. The van der Waals surface area contributed by atoms with Crippen molar-refractivity contribution in [2.24, 2.45) is 4.99 Å². The van der Waals surface area contributed by atoms with Gasteiger partial charge in [-0.25, -0.2) is 19.4 Å². The van der Waals surface area contributed by atoms with E-state index in [1.807, 2.05) is 42.3 Å². The van der Waals surface area contributed by atoms with Crippen LogP contribution in [0.25, 0.3) is 11.1 Å². The van der Waals surface area contributed by atoms with Gasteiger partial charge in [-0.3, -0.25) is 4.79 Å². The minimum Gasteiger partial charge on any atom is -0.496 e. The summed E-state index contributed by atoms with van der Waals surface area (Å²) in [5.74, 6) is 0.397. The van der Waals surface area contributed by atoms with Gasteiger partial charge < -0.3 is 20.3 Å². The van der Waals surface area contributed by atoms with E-state index in [1.165, 1.54) is 13.2 Å². The van der Waals surface area contributed by atoms with Crippen molar-refractivity contribution in [1.82, 2.24) is 20.2 Å². The van der Waals surface area contributed by atoms with E-state index in [0.717, 1.165) is 42.8 Å². The molecular formula is C32H30ClFN6O2. The number of anilines is 2. The van der Waals surface area contributed by atoms with E-state index in [4.69, 9.17) is 21.3 Å². The van der Waals surface area contributed by atoms with Crippen molar-refractivity contribution in [2.75, 3.05) is 32.6 Å². The number of rotatable bonds is 6. The molecule has 1 saturated heterocycles. The Labute approximate surface area is 248 Å². The van der Waals surface area contributed by atoms with Crippen LogP contribution in [0.4, 0.5) is 16.0 Å². The highest BCUT2D eigenvalue weighted by Crippen LogP contribution is 2.43. The van der Waals surface area contributed by atoms with Crippen LogP contribution in [0.5, 0.6) is 5.75 Å². The molecule has 2 N–H and O–H groups in total. The van der Waals surface area contributed by atoms with Gasteiger partial charge in [0.05, 0.1) is 18.4 Å². The lowest BCUT2D eigenvalue weighted by Crippen LogP contribution is -2.43. The fourth-order valence-electron chi connectivity index (χ4n) is 5.57. The molecule has 1 fully saturated rings. The fourth-order valence-corrected chi connectivity index (χ4v) is 5.72. The minimum absolute atomic E-state index is 0.0373. The number of amides is 1. The van der Waals surface area contributed by atoms with Crippen LogP contribution in [0.1, 0.15) is 40.0 Å². The van der Waals surface area contributed by atoms with Gasteiger partial charge in [0.1, 0.15) is 16.7 Å². The molecular weight excluding hydrogens is 555 g/mol. The summed E-state index contributed by atoms with van der Waals surface area (Å²) in [5.41, 5.74) is 5.32. The maximum Gasteiger partial charge on any atom is 0.253 e. The highest BCUT2D eigenvalue weighted by Gasteiger charge is 2.28. The smallest absolute Gasteiger partial charge is 0.253 e. The molecule has 10 heteroatoms. The molecule has 0 atom stereocenters. The number of aromatic nitrogens is 2. The number of aliphatic imine (C=N–C) groups is 1. The number of halogens is 2. The second-order valence-corrected chi connectivity index (χ2v) is 10.7. The van der Waals surface area contributed by atoms with Gasteiger partial charge in [-0.15, -0.1) is 0 Å². The van der Waals surface area contributed by atoms with Crippen molar-refractivity contribution >= 4 is 45.5 Å². The largest absolute Gasteiger partial charge is 0.496 e. The number of carbonyl (C=O) groups excluding carboxylic acids is 1. The molecule has 1 amide bonds. The Morgan fingerprint density at radius 2 is 1.88 bits per heavy atom. The van der Waals surface area contributed by atoms with Gasteiger partial charge in [-0.1, -0.05) is 23.7 Å². The molecule has 0 unspecified atom stereocenters. The van der Waals surface area contributed by atoms with Crippen molar-refractivity contribution in [3.63, 3.8) is 0 Å². The van der Waals surface area contributed by atoms with Crippen LogP contribution in [0.3, 0.4) is 0 Å². The standard InChI is InChI=1S/C32H30ClFN6O2/c1-35-21-12-14-40(15-13-21)31(41)19-6-9-22(10-7-19)38-32-37-17-20-8-11-23-24(29-26(34)4-3-5-27(29)42-2)16-28(33)36-18-25(23)30(20)39-32/h3-7,9-11,16-18,21,35H,8,12-15H2,1-2H3,(H,37,38,39). The van der Waals surface area contributed by atoms with Crippen molar-refractivity contribution in [3.05, 3.63) is 101 Å². The first kappa shape index (κ1) is 27.8. The lowest BCUT2D eigenvalue weighted by molar-refractivity contribution is 0.0707. The normalized spacial score (nSPS) is 16.7. The zero-order valence-corrected chi connectivity index (χ0v) is 24.1. The summed E-state index contributed by atoms with van der Waals surface area (Å²) < 4.78 is 20.6. The number of hydrogen-bond acceptors (Lipinski definition) is 7. The summed E-state index contributed by atoms with van der Waals surface area (Å²) in [6, 6.07) is 12.5. The molecule has 0 spiro atoms. The van der Waals surface area contributed by atoms with Gasteiger partial charge in [-0.2, -0.15) is 0 Å². The molecule has 6 rings (SSSR count).